The Morgan fingerprint density at radius 3 is 2.29 bits per heavy atom. The van der Waals surface area contributed by atoms with Crippen LogP contribution in [0.3, 0.4) is 0 Å². The second kappa shape index (κ2) is 8.17. The van der Waals surface area contributed by atoms with E-state index in [0.29, 0.717) is 17.1 Å². The monoisotopic (exact) mass is 349 g/mol. The van der Waals surface area contributed by atoms with E-state index in [1.54, 1.807) is 44.6 Å². The lowest BCUT2D eigenvalue weighted by Crippen LogP contribution is -2.23. The number of rotatable bonds is 8. The Balaban J connectivity index is 2.15. The summed E-state index contributed by atoms with van der Waals surface area (Å²) in [5.74, 6) is 1.26. The lowest BCUT2D eigenvalue weighted by molar-refractivity contribution is 0.398. The molecule has 0 bridgehead atoms. The van der Waals surface area contributed by atoms with Gasteiger partial charge < -0.3 is 9.47 Å². The minimum absolute atomic E-state index is 0.124. The Bertz CT molecular complexity index is 770. The summed E-state index contributed by atoms with van der Waals surface area (Å²) in [6.45, 7) is 2.22. The molecule has 130 valence electrons. The first-order valence-electron chi connectivity index (χ1n) is 7.79. The van der Waals surface area contributed by atoms with Crippen LogP contribution in [0.5, 0.6) is 11.5 Å². The smallest absolute Gasteiger partial charge is 0.240 e. The molecule has 24 heavy (non-hydrogen) atoms. The highest BCUT2D eigenvalue weighted by Gasteiger charge is 2.15. The predicted molar refractivity (Wildman–Crippen MR) is 94.0 cm³/mol. The van der Waals surface area contributed by atoms with Gasteiger partial charge in [-0.25, -0.2) is 13.1 Å². The zero-order valence-corrected chi connectivity index (χ0v) is 15.0. The molecule has 0 aliphatic carbocycles. The molecule has 0 saturated heterocycles. The molecule has 1 N–H and O–H groups in total. The largest absolute Gasteiger partial charge is 0.497 e. The summed E-state index contributed by atoms with van der Waals surface area (Å²) in [6.07, 6.45) is 1.97. The van der Waals surface area contributed by atoms with E-state index in [0.717, 1.165) is 18.4 Å². The Hall–Kier alpha value is -2.05. The van der Waals surface area contributed by atoms with E-state index in [9.17, 15) is 8.42 Å². The van der Waals surface area contributed by atoms with Crippen molar-refractivity contribution in [1.82, 2.24) is 4.72 Å². The second-order valence-corrected chi connectivity index (χ2v) is 7.16. The van der Waals surface area contributed by atoms with Gasteiger partial charge in [0.15, 0.2) is 0 Å². The van der Waals surface area contributed by atoms with Crippen molar-refractivity contribution >= 4 is 10.0 Å². The molecule has 5 nitrogen and oxygen atoms in total. The molecule has 0 saturated carbocycles. The van der Waals surface area contributed by atoms with E-state index in [2.05, 4.69) is 11.6 Å². The van der Waals surface area contributed by atoms with Gasteiger partial charge in [0.25, 0.3) is 0 Å². The lowest BCUT2D eigenvalue weighted by Gasteiger charge is -2.12. The molecule has 6 heteroatoms. The van der Waals surface area contributed by atoms with Crippen molar-refractivity contribution in [1.29, 1.82) is 0 Å². The van der Waals surface area contributed by atoms with Crippen molar-refractivity contribution in [3.63, 3.8) is 0 Å². The highest BCUT2D eigenvalue weighted by Crippen LogP contribution is 2.24. The van der Waals surface area contributed by atoms with Crippen LogP contribution < -0.4 is 14.2 Å². The average molecular weight is 349 g/mol. The summed E-state index contributed by atoms with van der Waals surface area (Å²) < 4.78 is 37.9. The van der Waals surface area contributed by atoms with Gasteiger partial charge in [-0.1, -0.05) is 25.5 Å². The number of sulfonamides is 1. The first-order chi connectivity index (χ1) is 11.5. The molecule has 0 fully saturated rings. The molecule has 0 aliphatic rings. The Labute approximate surface area is 143 Å². The first kappa shape index (κ1) is 18.3. The third-order valence-electron chi connectivity index (χ3n) is 3.71. The fourth-order valence-corrected chi connectivity index (χ4v) is 3.41. The zero-order valence-electron chi connectivity index (χ0n) is 14.2. The highest BCUT2D eigenvalue weighted by atomic mass is 32.2. The molecule has 0 aromatic heterocycles. The fraction of sp³-hybridized carbons (Fsp3) is 0.333. The van der Waals surface area contributed by atoms with Gasteiger partial charge in [-0.3, -0.25) is 0 Å². The van der Waals surface area contributed by atoms with E-state index in [1.807, 2.05) is 12.1 Å². The minimum Gasteiger partial charge on any atom is -0.497 e. The van der Waals surface area contributed by atoms with Crippen LogP contribution in [-0.4, -0.2) is 22.6 Å². The molecule has 2 aromatic carbocycles. The van der Waals surface area contributed by atoms with E-state index in [1.165, 1.54) is 0 Å². The number of ether oxygens (including phenoxy) is 2. The summed E-state index contributed by atoms with van der Waals surface area (Å²) in [4.78, 5) is 0.254. The van der Waals surface area contributed by atoms with Gasteiger partial charge in [-0.05, 0) is 42.3 Å². The van der Waals surface area contributed by atoms with Crippen LogP contribution in [0, 0.1) is 0 Å². The second-order valence-electron chi connectivity index (χ2n) is 5.40. The number of hydrogen-bond donors (Lipinski definition) is 1. The molecule has 0 aliphatic heterocycles. The number of benzene rings is 2. The van der Waals surface area contributed by atoms with Crippen LogP contribution in [0.25, 0.3) is 0 Å². The van der Waals surface area contributed by atoms with Gasteiger partial charge in [-0.2, -0.15) is 0 Å². The number of aryl methyl sites for hydroxylation is 1. The molecule has 2 aromatic rings. The van der Waals surface area contributed by atoms with Gasteiger partial charge >= 0.3 is 0 Å². The van der Waals surface area contributed by atoms with Crippen molar-refractivity contribution in [3.8, 4) is 11.5 Å². The Morgan fingerprint density at radius 1 is 1.00 bits per heavy atom. The van der Waals surface area contributed by atoms with Gasteiger partial charge in [0, 0.05) is 12.1 Å². The van der Waals surface area contributed by atoms with Crippen molar-refractivity contribution < 1.29 is 17.9 Å². The van der Waals surface area contributed by atoms with Crippen LogP contribution in [-0.2, 0) is 23.0 Å². The van der Waals surface area contributed by atoms with Crippen molar-refractivity contribution in [2.45, 2.75) is 31.2 Å². The number of nitrogens with one attached hydrogen (secondary N) is 1. The van der Waals surface area contributed by atoms with Crippen LogP contribution in [0.1, 0.15) is 24.5 Å². The SMILES string of the molecule is CCCc1ccc(S(=O)(=O)NCc2cc(OC)ccc2OC)cc1. The van der Waals surface area contributed by atoms with Crippen molar-refractivity contribution in [2.24, 2.45) is 0 Å². The first-order valence-corrected chi connectivity index (χ1v) is 9.28. The standard InChI is InChI=1S/C18H23NO4S/c1-4-5-14-6-9-17(10-7-14)24(20,21)19-13-15-12-16(22-2)8-11-18(15)23-3/h6-12,19H,4-5,13H2,1-3H3. The highest BCUT2D eigenvalue weighted by molar-refractivity contribution is 7.89. The van der Waals surface area contributed by atoms with E-state index < -0.39 is 10.0 Å². The van der Waals surface area contributed by atoms with Gasteiger partial charge in [0.2, 0.25) is 10.0 Å². The summed E-state index contributed by atoms with van der Waals surface area (Å²) >= 11 is 0. The minimum atomic E-state index is -3.58. The quantitative estimate of drug-likeness (QED) is 0.795. The maximum absolute atomic E-state index is 12.4. The van der Waals surface area contributed by atoms with E-state index in [4.69, 9.17) is 9.47 Å². The third-order valence-corrected chi connectivity index (χ3v) is 5.13. The third kappa shape index (κ3) is 4.49. The van der Waals surface area contributed by atoms with Crippen molar-refractivity contribution in [3.05, 3.63) is 53.6 Å². The molecule has 0 atom stereocenters. The topological polar surface area (TPSA) is 64.6 Å². The Kier molecular flexibility index (Phi) is 6.23. The summed E-state index contributed by atoms with van der Waals surface area (Å²) in [5, 5.41) is 0. The van der Waals surface area contributed by atoms with Crippen LogP contribution >= 0.6 is 0 Å². The van der Waals surface area contributed by atoms with Crippen LogP contribution in [0.4, 0.5) is 0 Å². The number of methoxy groups -OCH3 is 2. The molecular weight excluding hydrogens is 326 g/mol. The Morgan fingerprint density at radius 2 is 1.71 bits per heavy atom. The number of hydrogen-bond acceptors (Lipinski definition) is 4. The van der Waals surface area contributed by atoms with Gasteiger partial charge in [-0.15, -0.1) is 0 Å². The van der Waals surface area contributed by atoms with Crippen molar-refractivity contribution in [2.75, 3.05) is 14.2 Å². The molecule has 2 rings (SSSR count). The van der Waals surface area contributed by atoms with Gasteiger partial charge in [0.05, 0.1) is 19.1 Å². The van der Waals surface area contributed by atoms with Crippen LogP contribution in [0.2, 0.25) is 0 Å². The summed E-state index contributed by atoms with van der Waals surface area (Å²) in [6, 6.07) is 12.2. The normalized spacial score (nSPS) is 11.3. The zero-order chi connectivity index (χ0) is 17.6. The maximum Gasteiger partial charge on any atom is 0.240 e. The van der Waals surface area contributed by atoms with E-state index in [-0.39, 0.29) is 11.4 Å². The molecular formula is C18H23NO4S. The molecule has 0 amide bonds. The maximum atomic E-state index is 12.4. The van der Waals surface area contributed by atoms with E-state index >= 15 is 0 Å². The molecule has 0 spiro atoms. The molecule has 0 heterocycles. The van der Waals surface area contributed by atoms with Gasteiger partial charge in [0.1, 0.15) is 11.5 Å². The molecule has 0 unspecified atom stereocenters. The summed E-state index contributed by atoms with van der Waals surface area (Å²) in [5.41, 5.74) is 1.84. The lowest BCUT2D eigenvalue weighted by atomic mass is 10.1. The molecule has 0 radical (unpaired) electrons. The summed E-state index contributed by atoms with van der Waals surface area (Å²) in [7, 11) is -0.470. The fourth-order valence-electron chi connectivity index (χ4n) is 2.40. The van der Waals surface area contributed by atoms with Crippen LogP contribution in [0.15, 0.2) is 47.4 Å². The average Bonchev–Trinajstić information content (AvgIpc) is 2.60. The predicted octanol–water partition coefficient (Wildman–Crippen LogP) is 3.13.